The van der Waals surface area contributed by atoms with Gasteiger partial charge in [0.2, 0.25) is 0 Å². The molecule has 1 amide bonds. The van der Waals surface area contributed by atoms with Crippen molar-refractivity contribution < 1.29 is 9.53 Å². The normalized spacial score (nSPS) is 10.2. The van der Waals surface area contributed by atoms with E-state index in [9.17, 15) is 4.79 Å². The fourth-order valence-electron chi connectivity index (χ4n) is 2.45. The Kier molecular flexibility index (Phi) is 6.91. The second kappa shape index (κ2) is 9.15. The molecule has 0 unspecified atom stereocenters. The fraction of sp³-hybridized carbons (Fsp3) is 0.263. The number of methoxy groups -OCH3 is 1. The number of hydrazine groups is 1. The highest BCUT2D eigenvalue weighted by atomic mass is 32.1. The van der Waals surface area contributed by atoms with Crippen molar-refractivity contribution in [3.63, 3.8) is 0 Å². The van der Waals surface area contributed by atoms with Gasteiger partial charge in [0, 0.05) is 18.4 Å². The summed E-state index contributed by atoms with van der Waals surface area (Å²) in [6.07, 6.45) is 0.896. The summed E-state index contributed by atoms with van der Waals surface area (Å²) in [7, 11) is 1.64. The molecule has 0 atom stereocenters. The van der Waals surface area contributed by atoms with E-state index in [-0.39, 0.29) is 5.91 Å². The third-order valence-electron chi connectivity index (χ3n) is 3.80. The molecule has 2 aromatic carbocycles. The molecule has 0 saturated heterocycles. The number of rotatable bonds is 5. The maximum Gasteiger partial charge on any atom is 0.269 e. The largest absolute Gasteiger partial charge is 0.380 e. The van der Waals surface area contributed by atoms with Crippen LogP contribution in [0.25, 0.3) is 0 Å². The van der Waals surface area contributed by atoms with Gasteiger partial charge in [0.25, 0.3) is 5.91 Å². The molecule has 0 aliphatic rings. The molecule has 132 valence electrons. The maximum absolute atomic E-state index is 12.2. The number of carbonyl (C=O) groups is 1. The lowest BCUT2D eigenvalue weighted by Gasteiger charge is -2.16. The van der Waals surface area contributed by atoms with Crippen molar-refractivity contribution in [2.45, 2.75) is 26.9 Å². The van der Waals surface area contributed by atoms with Gasteiger partial charge >= 0.3 is 0 Å². The van der Waals surface area contributed by atoms with E-state index in [0.717, 1.165) is 23.2 Å². The van der Waals surface area contributed by atoms with Crippen molar-refractivity contribution in [2.75, 3.05) is 12.4 Å². The predicted octanol–water partition coefficient (Wildman–Crippen LogP) is 3.34. The molecule has 3 N–H and O–H groups in total. The second-order valence-electron chi connectivity index (χ2n) is 5.63. The zero-order chi connectivity index (χ0) is 18.2. The molecule has 2 aromatic rings. The molecule has 0 aliphatic carbocycles. The van der Waals surface area contributed by atoms with E-state index in [1.165, 1.54) is 5.56 Å². The summed E-state index contributed by atoms with van der Waals surface area (Å²) < 4.78 is 5.05. The van der Waals surface area contributed by atoms with Crippen LogP contribution < -0.4 is 16.2 Å². The molecule has 6 heteroatoms. The lowest BCUT2D eigenvalue weighted by molar-refractivity contribution is 0.0944. The van der Waals surface area contributed by atoms with E-state index in [2.05, 4.69) is 29.2 Å². The first-order valence-electron chi connectivity index (χ1n) is 8.08. The highest BCUT2D eigenvalue weighted by Crippen LogP contribution is 2.20. The van der Waals surface area contributed by atoms with Gasteiger partial charge in [0.15, 0.2) is 5.11 Å². The number of amides is 1. The van der Waals surface area contributed by atoms with Gasteiger partial charge in [-0.25, -0.2) is 0 Å². The van der Waals surface area contributed by atoms with E-state index < -0.39 is 0 Å². The van der Waals surface area contributed by atoms with Crippen LogP contribution in [0.3, 0.4) is 0 Å². The van der Waals surface area contributed by atoms with Crippen molar-refractivity contribution >= 4 is 28.9 Å². The number of ether oxygens (including phenoxy) is 1. The number of hydrogen-bond donors (Lipinski definition) is 3. The van der Waals surface area contributed by atoms with E-state index in [4.69, 9.17) is 17.0 Å². The minimum atomic E-state index is -0.256. The van der Waals surface area contributed by atoms with Crippen LogP contribution >= 0.6 is 12.2 Å². The fourth-order valence-corrected chi connectivity index (χ4v) is 2.60. The van der Waals surface area contributed by atoms with Gasteiger partial charge in [0.1, 0.15) is 0 Å². The molecule has 0 aromatic heterocycles. The first kappa shape index (κ1) is 18.9. The van der Waals surface area contributed by atoms with E-state index >= 15 is 0 Å². The molecule has 25 heavy (non-hydrogen) atoms. The van der Waals surface area contributed by atoms with Gasteiger partial charge in [-0.2, -0.15) is 0 Å². The quantitative estimate of drug-likeness (QED) is 0.566. The summed E-state index contributed by atoms with van der Waals surface area (Å²) >= 11 is 5.27. The summed E-state index contributed by atoms with van der Waals surface area (Å²) in [6, 6.07) is 13.3. The molecule has 0 aliphatic heterocycles. The monoisotopic (exact) mass is 357 g/mol. The van der Waals surface area contributed by atoms with E-state index in [1.54, 1.807) is 19.2 Å². The van der Waals surface area contributed by atoms with Crippen LogP contribution in [0.1, 0.15) is 34.0 Å². The Morgan fingerprint density at radius 1 is 1.12 bits per heavy atom. The maximum atomic E-state index is 12.2. The van der Waals surface area contributed by atoms with Gasteiger partial charge in [0.05, 0.1) is 6.61 Å². The lowest BCUT2D eigenvalue weighted by atomic mass is 10.1. The van der Waals surface area contributed by atoms with Crippen molar-refractivity contribution in [1.29, 1.82) is 0 Å². The highest BCUT2D eigenvalue weighted by Gasteiger charge is 2.08. The Hall–Kier alpha value is -2.44. The Morgan fingerprint density at radius 2 is 1.84 bits per heavy atom. The number of nitrogens with one attached hydrogen (secondary N) is 3. The van der Waals surface area contributed by atoms with Gasteiger partial charge in [-0.3, -0.25) is 15.6 Å². The summed E-state index contributed by atoms with van der Waals surface area (Å²) in [4.78, 5) is 12.2. The molecule has 5 nitrogen and oxygen atoms in total. The molecular formula is C19H23N3O2S. The summed E-state index contributed by atoms with van der Waals surface area (Å²) in [5.74, 6) is -0.256. The summed E-state index contributed by atoms with van der Waals surface area (Å²) in [5, 5.41) is 3.49. The van der Waals surface area contributed by atoms with Crippen molar-refractivity contribution in [3.05, 3.63) is 64.7 Å². The molecular weight excluding hydrogens is 334 g/mol. The molecule has 0 heterocycles. The molecule has 0 fully saturated rings. The molecule has 0 bridgehead atoms. The van der Waals surface area contributed by atoms with Crippen LogP contribution in [-0.4, -0.2) is 18.1 Å². The number of hydrogen-bond acceptors (Lipinski definition) is 3. The Morgan fingerprint density at radius 3 is 2.48 bits per heavy atom. The van der Waals surface area contributed by atoms with Crippen molar-refractivity contribution in [2.24, 2.45) is 0 Å². The smallest absolute Gasteiger partial charge is 0.269 e. The second-order valence-corrected chi connectivity index (χ2v) is 6.03. The number of benzene rings is 2. The van der Waals surface area contributed by atoms with Crippen molar-refractivity contribution in [1.82, 2.24) is 10.9 Å². The number of para-hydroxylation sites is 1. The van der Waals surface area contributed by atoms with Crippen LogP contribution in [0.5, 0.6) is 0 Å². The summed E-state index contributed by atoms with van der Waals surface area (Å²) in [6.45, 7) is 4.63. The first-order valence-corrected chi connectivity index (χ1v) is 8.49. The van der Waals surface area contributed by atoms with Gasteiger partial charge < -0.3 is 10.1 Å². The van der Waals surface area contributed by atoms with Crippen LogP contribution in [0, 0.1) is 6.92 Å². The lowest BCUT2D eigenvalue weighted by Crippen LogP contribution is -2.44. The van der Waals surface area contributed by atoms with Crippen LogP contribution in [-0.2, 0) is 17.8 Å². The topological polar surface area (TPSA) is 62.4 Å². The molecule has 2 rings (SSSR count). The molecule has 0 radical (unpaired) electrons. The first-order chi connectivity index (χ1) is 12.0. The minimum Gasteiger partial charge on any atom is -0.380 e. The Balaban J connectivity index is 1.92. The van der Waals surface area contributed by atoms with E-state index in [0.29, 0.717) is 17.3 Å². The van der Waals surface area contributed by atoms with Crippen LogP contribution in [0.2, 0.25) is 0 Å². The summed E-state index contributed by atoms with van der Waals surface area (Å²) in [5.41, 5.74) is 10.1. The number of thiocarbonyl (C=S) groups is 1. The molecule has 0 spiro atoms. The third-order valence-corrected chi connectivity index (χ3v) is 4.00. The van der Waals surface area contributed by atoms with Gasteiger partial charge in [-0.15, -0.1) is 0 Å². The van der Waals surface area contributed by atoms with Gasteiger partial charge in [-0.05, 0) is 54.4 Å². The highest BCUT2D eigenvalue weighted by molar-refractivity contribution is 7.80. The SMILES string of the molecule is CCc1cccc(C)c1NC(=S)NNC(=O)c1ccc(COC)cc1. The minimum absolute atomic E-state index is 0.256. The standard InChI is InChI=1S/C19H23N3O2S/c1-4-15-7-5-6-13(2)17(15)20-19(25)22-21-18(23)16-10-8-14(9-11-16)12-24-3/h5-11H,4,12H2,1-3H3,(H,21,23)(H2,20,22,25). The molecule has 0 saturated carbocycles. The number of aryl methyl sites for hydroxylation is 2. The average Bonchev–Trinajstić information content (AvgIpc) is 2.62. The predicted molar refractivity (Wildman–Crippen MR) is 105 cm³/mol. The van der Waals surface area contributed by atoms with Crippen molar-refractivity contribution in [3.8, 4) is 0 Å². The Bertz CT molecular complexity index is 745. The van der Waals surface area contributed by atoms with E-state index in [1.807, 2.05) is 31.2 Å². The van der Waals surface area contributed by atoms with Crippen LogP contribution in [0.4, 0.5) is 5.69 Å². The number of carbonyl (C=O) groups excluding carboxylic acids is 1. The Labute approximate surface area is 153 Å². The average molecular weight is 357 g/mol. The van der Waals surface area contributed by atoms with Gasteiger partial charge in [-0.1, -0.05) is 37.3 Å². The third kappa shape index (κ3) is 5.27. The van der Waals surface area contributed by atoms with Crippen LogP contribution in [0.15, 0.2) is 42.5 Å². The zero-order valence-corrected chi connectivity index (χ0v) is 15.5. The zero-order valence-electron chi connectivity index (χ0n) is 14.7. The number of anilines is 1.